The van der Waals surface area contributed by atoms with Crippen LogP contribution in [0.5, 0.6) is 0 Å². The second kappa shape index (κ2) is 7.91. The van der Waals surface area contributed by atoms with Crippen LogP contribution in [0.4, 0.5) is 11.4 Å². The highest BCUT2D eigenvalue weighted by Crippen LogP contribution is 2.25. The van der Waals surface area contributed by atoms with Crippen molar-refractivity contribution >= 4 is 23.2 Å². The Morgan fingerprint density at radius 3 is 2.55 bits per heavy atom. The molecule has 0 bridgehead atoms. The van der Waals surface area contributed by atoms with E-state index in [1.807, 2.05) is 73.1 Å². The molecule has 1 fully saturated rings. The van der Waals surface area contributed by atoms with Gasteiger partial charge in [-0.05, 0) is 50.6 Å². The van der Waals surface area contributed by atoms with Crippen molar-refractivity contribution in [3.05, 3.63) is 71.5 Å². The van der Waals surface area contributed by atoms with Gasteiger partial charge in [-0.1, -0.05) is 24.3 Å². The molecule has 6 nitrogen and oxygen atoms in total. The zero-order valence-electron chi connectivity index (χ0n) is 16.7. The number of carbonyl (C=O) groups is 2. The first kappa shape index (κ1) is 18.9. The first-order valence-electron chi connectivity index (χ1n) is 9.84. The molecule has 0 saturated carbocycles. The average molecular weight is 388 g/mol. The Labute approximate surface area is 170 Å². The van der Waals surface area contributed by atoms with E-state index in [-0.39, 0.29) is 18.2 Å². The molecule has 1 aliphatic rings. The van der Waals surface area contributed by atoms with Crippen LogP contribution in [0.1, 0.15) is 29.8 Å². The lowest BCUT2D eigenvalue weighted by molar-refractivity contribution is -0.117. The Balaban J connectivity index is 1.50. The van der Waals surface area contributed by atoms with Crippen molar-refractivity contribution < 1.29 is 9.59 Å². The zero-order chi connectivity index (χ0) is 20.4. The standard InChI is InChI=1S/C23H24N4O2/c1-16-21(17(2)27(25-16)19-9-4-3-5-10-19)15-22(28)24-18-8-6-11-20(14-18)26-13-7-12-23(26)29/h3-6,8-11,14H,7,12-13,15H2,1-2H3,(H,24,28). The van der Waals surface area contributed by atoms with Gasteiger partial charge in [-0.15, -0.1) is 0 Å². The molecule has 2 amide bonds. The quantitative estimate of drug-likeness (QED) is 0.723. The summed E-state index contributed by atoms with van der Waals surface area (Å²) in [5, 5.41) is 7.57. The SMILES string of the molecule is Cc1nn(-c2ccccc2)c(C)c1CC(=O)Nc1cccc(N2CCCC2=O)c1. The summed E-state index contributed by atoms with van der Waals surface area (Å²) in [5.41, 5.74) is 5.23. The predicted molar refractivity (Wildman–Crippen MR) is 113 cm³/mol. The number of hydrogen-bond acceptors (Lipinski definition) is 3. The van der Waals surface area contributed by atoms with E-state index in [9.17, 15) is 9.59 Å². The van der Waals surface area contributed by atoms with E-state index in [0.717, 1.165) is 41.3 Å². The third-order valence-electron chi connectivity index (χ3n) is 5.29. The molecule has 1 saturated heterocycles. The molecule has 1 N–H and O–H groups in total. The number of aryl methyl sites for hydroxylation is 1. The van der Waals surface area contributed by atoms with Crippen molar-refractivity contribution in [2.45, 2.75) is 33.1 Å². The van der Waals surface area contributed by atoms with Crippen LogP contribution in [0.2, 0.25) is 0 Å². The predicted octanol–water partition coefficient (Wildman–Crippen LogP) is 3.80. The molecular weight excluding hydrogens is 364 g/mol. The summed E-state index contributed by atoms with van der Waals surface area (Å²) < 4.78 is 1.87. The van der Waals surface area contributed by atoms with Crippen LogP contribution in [0, 0.1) is 13.8 Å². The largest absolute Gasteiger partial charge is 0.326 e. The van der Waals surface area contributed by atoms with Gasteiger partial charge < -0.3 is 10.2 Å². The third kappa shape index (κ3) is 3.92. The number of rotatable bonds is 5. The minimum absolute atomic E-state index is 0.103. The van der Waals surface area contributed by atoms with Gasteiger partial charge in [0.2, 0.25) is 11.8 Å². The molecule has 1 aromatic heterocycles. The minimum atomic E-state index is -0.103. The summed E-state index contributed by atoms with van der Waals surface area (Å²) in [5.74, 6) is 0.0294. The number of anilines is 2. The van der Waals surface area contributed by atoms with E-state index in [2.05, 4.69) is 10.4 Å². The van der Waals surface area contributed by atoms with Crippen LogP contribution < -0.4 is 10.2 Å². The number of nitrogens with one attached hydrogen (secondary N) is 1. The fourth-order valence-corrected chi connectivity index (χ4v) is 3.79. The molecule has 148 valence electrons. The van der Waals surface area contributed by atoms with Crippen molar-refractivity contribution in [3.8, 4) is 5.69 Å². The Kier molecular flexibility index (Phi) is 5.16. The highest BCUT2D eigenvalue weighted by molar-refractivity contribution is 5.97. The first-order chi connectivity index (χ1) is 14.0. The lowest BCUT2D eigenvalue weighted by atomic mass is 10.1. The van der Waals surface area contributed by atoms with Crippen molar-refractivity contribution in [1.82, 2.24) is 9.78 Å². The molecule has 0 unspecified atom stereocenters. The molecule has 6 heteroatoms. The molecule has 0 aliphatic carbocycles. The zero-order valence-corrected chi connectivity index (χ0v) is 16.7. The summed E-state index contributed by atoms with van der Waals surface area (Å²) >= 11 is 0. The molecule has 2 heterocycles. The second-order valence-electron chi connectivity index (χ2n) is 7.32. The molecule has 0 radical (unpaired) electrons. The molecule has 3 aromatic rings. The van der Waals surface area contributed by atoms with E-state index < -0.39 is 0 Å². The number of amides is 2. The van der Waals surface area contributed by atoms with Crippen LogP contribution in [-0.2, 0) is 16.0 Å². The maximum absolute atomic E-state index is 12.7. The molecule has 4 rings (SSSR count). The number of para-hydroxylation sites is 1. The summed E-state index contributed by atoms with van der Waals surface area (Å²) in [6.45, 7) is 4.64. The Bertz CT molecular complexity index is 1060. The normalized spacial score (nSPS) is 13.7. The highest BCUT2D eigenvalue weighted by Gasteiger charge is 2.22. The maximum Gasteiger partial charge on any atom is 0.228 e. The number of aromatic nitrogens is 2. The van der Waals surface area contributed by atoms with Crippen LogP contribution in [0.15, 0.2) is 54.6 Å². The van der Waals surface area contributed by atoms with Gasteiger partial charge in [0, 0.05) is 35.6 Å². The monoisotopic (exact) mass is 388 g/mol. The van der Waals surface area contributed by atoms with E-state index in [1.165, 1.54) is 0 Å². The molecular formula is C23H24N4O2. The fourth-order valence-electron chi connectivity index (χ4n) is 3.79. The lowest BCUT2D eigenvalue weighted by Crippen LogP contribution is -2.24. The van der Waals surface area contributed by atoms with Crippen molar-refractivity contribution in [1.29, 1.82) is 0 Å². The van der Waals surface area contributed by atoms with E-state index in [4.69, 9.17) is 0 Å². The fraction of sp³-hybridized carbons (Fsp3) is 0.261. The highest BCUT2D eigenvalue weighted by atomic mass is 16.2. The molecule has 1 aliphatic heterocycles. The molecule has 0 atom stereocenters. The topological polar surface area (TPSA) is 67.2 Å². The van der Waals surface area contributed by atoms with Gasteiger partial charge in [0.25, 0.3) is 0 Å². The van der Waals surface area contributed by atoms with Gasteiger partial charge in [-0.25, -0.2) is 4.68 Å². The van der Waals surface area contributed by atoms with Gasteiger partial charge >= 0.3 is 0 Å². The van der Waals surface area contributed by atoms with Crippen molar-refractivity contribution in [3.63, 3.8) is 0 Å². The van der Waals surface area contributed by atoms with E-state index in [0.29, 0.717) is 12.1 Å². The first-order valence-corrected chi connectivity index (χ1v) is 9.84. The summed E-state index contributed by atoms with van der Waals surface area (Å²) in [7, 11) is 0. The van der Waals surface area contributed by atoms with Crippen LogP contribution in [0.25, 0.3) is 5.69 Å². The number of hydrogen-bond donors (Lipinski definition) is 1. The molecule has 2 aromatic carbocycles. The number of nitrogens with zero attached hydrogens (tertiary/aromatic N) is 3. The maximum atomic E-state index is 12.7. The van der Waals surface area contributed by atoms with Crippen LogP contribution >= 0.6 is 0 Å². The summed E-state index contributed by atoms with van der Waals surface area (Å²) in [6.07, 6.45) is 1.71. The molecule has 29 heavy (non-hydrogen) atoms. The van der Waals surface area contributed by atoms with Crippen molar-refractivity contribution in [2.75, 3.05) is 16.8 Å². The summed E-state index contributed by atoms with van der Waals surface area (Å²) in [4.78, 5) is 26.4. The Morgan fingerprint density at radius 2 is 1.83 bits per heavy atom. The average Bonchev–Trinajstić information content (AvgIpc) is 3.27. The third-order valence-corrected chi connectivity index (χ3v) is 5.29. The van der Waals surface area contributed by atoms with Crippen LogP contribution in [-0.4, -0.2) is 28.1 Å². The smallest absolute Gasteiger partial charge is 0.228 e. The molecule has 0 spiro atoms. The van der Waals surface area contributed by atoms with Crippen LogP contribution in [0.3, 0.4) is 0 Å². The minimum Gasteiger partial charge on any atom is -0.326 e. The summed E-state index contributed by atoms with van der Waals surface area (Å²) in [6, 6.07) is 17.4. The van der Waals surface area contributed by atoms with Crippen molar-refractivity contribution in [2.24, 2.45) is 0 Å². The number of carbonyl (C=O) groups excluding carboxylic acids is 2. The van der Waals surface area contributed by atoms with Gasteiger partial charge in [0.05, 0.1) is 17.8 Å². The van der Waals surface area contributed by atoms with E-state index >= 15 is 0 Å². The Morgan fingerprint density at radius 1 is 1.07 bits per heavy atom. The Hall–Kier alpha value is -3.41. The second-order valence-corrected chi connectivity index (χ2v) is 7.32. The van der Waals surface area contributed by atoms with E-state index in [1.54, 1.807) is 4.90 Å². The van der Waals surface area contributed by atoms with Gasteiger partial charge in [0.15, 0.2) is 0 Å². The lowest BCUT2D eigenvalue weighted by Gasteiger charge is -2.16. The van der Waals surface area contributed by atoms with Gasteiger partial charge in [0.1, 0.15) is 0 Å². The number of benzene rings is 2. The van der Waals surface area contributed by atoms with Gasteiger partial charge in [-0.3, -0.25) is 9.59 Å². The van der Waals surface area contributed by atoms with Gasteiger partial charge in [-0.2, -0.15) is 5.10 Å².